The van der Waals surface area contributed by atoms with Crippen LogP contribution >= 0.6 is 0 Å². The van der Waals surface area contributed by atoms with Gasteiger partial charge in [-0.25, -0.2) is 8.42 Å². The molecule has 23 heavy (non-hydrogen) atoms. The number of benzene rings is 1. The van der Waals surface area contributed by atoms with E-state index >= 15 is 0 Å². The maximum Gasteiger partial charge on any atom is 0.203 e. The highest BCUT2D eigenvalue weighted by Crippen LogP contribution is 2.36. The zero-order valence-corrected chi connectivity index (χ0v) is 13.6. The van der Waals surface area contributed by atoms with Crippen LogP contribution in [0.15, 0.2) is 58.5 Å². The summed E-state index contributed by atoms with van der Waals surface area (Å²) in [5, 5.41) is 18.2. The van der Waals surface area contributed by atoms with Crippen molar-refractivity contribution in [3.8, 4) is 12.1 Å². The molecule has 0 spiro atoms. The lowest BCUT2D eigenvalue weighted by atomic mass is 10.1. The molecule has 0 atom stereocenters. The molecule has 116 valence electrons. The van der Waals surface area contributed by atoms with Gasteiger partial charge in [0.1, 0.15) is 17.7 Å². The molecule has 0 saturated heterocycles. The average molecular weight is 324 g/mol. The van der Waals surface area contributed by atoms with Crippen molar-refractivity contribution < 1.29 is 8.42 Å². The minimum atomic E-state index is -3.60. The normalized spacial score (nSPS) is 15.9. The first kappa shape index (κ1) is 16.7. The molecular weight excluding hydrogens is 308 g/mol. The van der Waals surface area contributed by atoms with Gasteiger partial charge in [0.05, 0.1) is 4.91 Å². The molecule has 5 heteroatoms. The lowest BCUT2D eigenvalue weighted by Crippen LogP contribution is -2.12. The van der Waals surface area contributed by atoms with Gasteiger partial charge < -0.3 is 0 Å². The van der Waals surface area contributed by atoms with Crippen LogP contribution in [0, 0.1) is 22.7 Å². The predicted molar refractivity (Wildman–Crippen MR) is 89.2 cm³/mol. The molecule has 0 amide bonds. The van der Waals surface area contributed by atoms with Crippen molar-refractivity contribution >= 4 is 14.7 Å². The summed E-state index contributed by atoms with van der Waals surface area (Å²) in [6.45, 7) is 1.98. The van der Waals surface area contributed by atoms with Crippen molar-refractivity contribution in [3.63, 3.8) is 0 Å². The van der Waals surface area contributed by atoms with E-state index in [0.29, 0.717) is 17.6 Å². The summed E-state index contributed by atoms with van der Waals surface area (Å²) in [6, 6.07) is 12.4. The maximum atomic E-state index is 12.8. The Morgan fingerprint density at radius 1 is 1.09 bits per heavy atom. The van der Waals surface area contributed by atoms with Gasteiger partial charge in [0.25, 0.3) is 0 Å². The Labute approximate surface area is 136 Å². The highest BCUT2D eigenvalue weighted by atomic mass is 32.2. The SMILES string of the molecule is CCCCC1=CC(=C(C#N)C#N)C=C(c2ccccc2)S1(=O)=O. The monoisotopic (exact) mass is 324 g/mol. The van der Waals surface area contributed by atoms with Crippen LogP contribution in [0.25, 0.3) is 4.91 Å². The third-order valence-electron chi connectivity index (χ3n) is 3.59. The van der Waals surface area contributed by atoms with Gasteiger partial charge in [-0.05, 0) is 30.6 Å². The third-order valence-corrected chi connectivity index (χ3v) is 5.53. The Balaban J connectivity index is 2.68. The molecule has 0 unspecified atom stereocenters. The van der Waals surface area contributed by atoms with E-state index < -0.39 is 9.84 Å². The van der Waals surface area contributed by atoms with E-state index in [9.17, 15) is 8.42 Å². The fraction of sp³-hybridized carbons (Fsp3) is 0.222. The molecule has 1 heterocycles. The molecule has 1 aliphatic heterocycles. The second-order valence-electron chi connectivity index (χ2n) is 5.15. The van der Waals surface area contributed by atoms with Crippen molar-refractivity contribution in [1.29, 1.82) is 10.5 Å². The zero-order valence-electron chi connectivity index (χ0n) is 12.8. The first-order valence-corrected chi connectivity index (χ1v) is 8.80. The Morgan fingerprint density at radius 3 is 2.30 bits per heavy atom. The summed E-state index contributed by atoms with van der Waals surface area (Å²) >= 11 is 0. The van der Waals surface area contributed by atoms with Gasteiger partial charge in [-0.2, -0.15) is 10.5 Å². The van der Waals surface area contributed by atoms with Crippen LogP contribution in [0.3, 0.4) is 0 Å². The molecule has 1 aliphatic rings. The van der Waals surface area contributed by atoms with Gasteiger partial charge >= 0.3 is 0 Å². The van der Waals surface area contributed by atoms with E-state index in [1.807, 2.05) is 19.1 Å². The molecular formula is C18H16N2O2S. The van der Waals surface area contributed by atoms with Crippen molar-refractivity contribution in [2.45, 2.75) is 26.2 Å². The van der Waals surface area contributed by atoms with Gasteiger partial charge in [0, 0.05) is 10.5 Å². The average Bonchev–Trinajstić information content (AvgIpc) is 2.56. The molecule has 4 nitrogen and oxygen atoms in total. The second-order valence-corrected chi connectivity index (χ2v) is 7.12. The van der Waals surface area contributed by atoms with Crippen LogP contribution < -0.4 is 0 Å². The van der Waals surface area contributed by atoms with Crippen LogP contribution in [-0.2, 0) is 9.84 Å². The molecule has 0 aliphatic carbocycles. The number of nitriles is 2. The van der Waals surface area contributed by atoms with Gasteiger partial charge in [-0.1, -0.05) is 43.7 Å². The molecule has 2 rings (SSSR count). The van der Waals surface area contributed by atoms with Gasteiger partial charge in [-0.3, -0.25) is 0 Å². The van der Waals surface area contributed by atoms with E-state index in [1.54, 1.807) is 30.3 Å². The molecule has 0 aromatic heterocycles. The summed E-state index contributed by atoms with van der Waals surface area (Å²) in [5.74, 6) is 0. The lowest BCUT2D eigenvalue weighted by molar-refractivity contribution is 0.608. The lowest BCUT2D eigenvalue weighted by Gasteiger charge is -2.18. The van der Waals surface area contributed by atoms with E-state index in [-0.39, 0.29) is 15.4 Å². The summed E-state index contributed by atoms with van der Waals surface area (Å²) in [4.78, 5) is 0.406. The van der Waals surface area contributed by atoms with Crippen LogP contribution in [-0.4, -0.2) is 8.42 Å². The fourth-order valence-corrected chi connectivity index (χ4v) is 4.06. The van der Waals surface area contributed by atoms with Crippen molar-refractivity contribution in [2.24, 2.45) is 0 Å². The first-order valence-electron chi connectivity index (χ1n) is 7.31. The van der Waals surface area contributed by atoms with E-state index in [4.69, 9.17) is 10.5 Å². The Bertz CT molecular complexity index is 861. The zero-order chi connectivity index (χ0) is 16.9. The van der Waals surface area contributed by atoms with Crippen LogP contribution in [0.4, 0.5) is 0 Å². The molecule has 0 bridgehead atoms. The number of allylic oxidation sites excluding steroid dienone is 5. The van der Waals surface area contributed by atoms with Gasteiger partial charge in [0.15, 0.2) is 0 Å². The van der Waals surface area contributed by atoms with E-state index in [0.717, 1.165) is 12.8 Å². The smallest absolute Gasteiger partial charge is 0.203 e. The van der Waals surface area contributed by atoms with E-state index in [2.05, 4.69) is 0 Å². The van der Waals surface area contributed by atoms with Crippen molar-refractivity contribution in [1.82, 2.24) is 0 Å². The predicted octanol–water partition coefficient (Wildman–Crippen LogP) is 3.87. The first-order chi connectivity index (χ1) is 11.0. The minimum Gasteiger partial charge on any atom is -0.219 e. The summed E-state index contributed by atoms with van der Waals surface area (Å²) in [7, 11) is -3.60. The van der Waals surface area contributed by atoms with E-state index in [1.165, 1.54) is 12.2 Å². The number of nitrogens with zero attached hydrogens (tertiary/aromatic N) is 2. The topological polar surface area (TPSA) is 81.7 Å². The largest absolute Gasteiger partial charge is 0.219 e. The van der Waals surface area contributed by atoms with Crippen LogP contribution in [0.2, 0.25) is 0 Å². The maximum absolute atomic E-state index is 12.8. The Kier molecular flexibility index (Phi) is 5.16. The highest BCUT2D eigenvalue weighted by molar-refractivity contribution is 8.04. The Hall–Kier alpha value is -2.63. The highest BCUT2D eigenvalue weighted by Gasteiger charge is 2.28. The van der Waals surface area contributed by atoms with Crippen LogP contribution in [0.1, 0.15) is 31.7 Å². The fourth-order valence-electron chi connectivity index (χ4n) is 2.35. The number of hydrogen-bond acceptors (Lipinski definition) is 4. The second kappa shape index (κ2) is 7.09. The number of sulfone groups is 1. The summed E-state index contributed by atoms with van der Waals surface area (Å²) in [5.41, 5.74) is 0.833. The molecule has 0 radical (unpaired) electrons. The standard InChI is InChI=1S/C18H16N2O2S/c1-2-3-9-17-10-15(16(12-19)13-20)11-18(23(17,21)22)14-7-5-4-6-8-14/h4-8,10-11H,2-3,9H2,1H3. The number of rotatable bonds is 4. The number of hydrogen-bond donors (Lipinski definition) is 0. The minimum absolute atomic E-state index is 0.0812. The van der Waals surface area contributed by atoms with Gasteiger partial charge in [-0.15, -0.1) is 0 Å². The molecule has 1 aromatic carbocycles. The van der Waals surface area contributed by atoms with Crippen molar-refractivity contribution in [3.05, 3.63) is 64.1 Å². The van der Waals surface area contributed by atoms with Crippen LogP contribution in [0.5, 0.6) is 0 Å². The van der Waals surface area contributed by atoms with Gasteiger partial charge in [0.2, 0.25) is 9.84 Å². The molecule has 0 saturated carbocycles. The summed E-state index contributed by atoms with van der Waals surface area (Å²) in [6.07, 6.45) is 4.87. The third kappa shape index (κ3) is 3.41. The Morgan fingerprint density at radius 2 is 1.74 bits per heavy atom. The molecule has 0 N–H and O–H groups in total. The quantitative estimate of drug-likeness (QED) is 0.787. The van der Waals surface area contributed by atoms with Crippen molar-refractivity contribution in [2.75, 3.05) is 0 Å². The number of unbranched alkanes of at least 4 members (excludes halogenated alkanes) is 1. The summed E-state index contributed by atoms with van der Waals surface area (Å²) < 4.78 is 25.7. The molecule has 0 fully saturated rings. The molecule has 1 aromatic rings.